The van der Waals surface area contributed by atoms with E-state index in [-0.39, 0.29) is 5.91 Å². The second-order valence-electron chi connectivity index (χ2n) is 7.35. The molecule has 1 amide bonds. The van der Waals surface area contributed by atoms with Crippen molar-refractivity contribution in [3.63, 3.8) is 0 Å². The van der Waals surface area contributed by atoms with E-state index >= 15 is 0 Å². The lowest BCUT2D eigenvalue weighted by Crippen LogP contribution is -2.39. The average Bonchev–Trinajstić information content (AvgIpc) is 3.22. The summed E-state index contributed by atoms with van der Waals surface area (Å²) in [4.78, 5) is 19.4. The third kappa shape index (κ3) is 4.30. The molecule has 150 valence electrons. The van der Waals surface area contributed by atoms with E-state index in [4.69, 9.17) is 16.3 Å². The van der Waals surface area contributed by atoms with Crippen molar-refractivity contribution in [3.8, 4) is 17.1 Å². The maximum absolute atomic E-state index is 13.0. The number of carbonyl (C=O) groups is 1. The van der Waals surface area contributed by atoms with Gasteiger partial charge in [-0.3, -0.25) is 4.79 Å². The maximum Gasteiger partial charge on any atom is 0.257 e. The summed E-state index contributed by atoms with van der Waals surface area (Å²) in [7, 11) is 1.57. The molecule has 1 aliphatic rings. The third-order valence-corrected chi connectivity index (χ3v) is 5.73. The smallest absolute Gasteiger partial charge is 0.257 e. The van der Waals surface area contributed by atoms with E-state index in [1.165, 1.54) is 0 Å². The Kier molecular flexibility index (Phi) is 5.86. The molecule has 29 heavy (non-hydrogen) atoms. The molecule has 0 spiro atoms. The van der Waals surface area contributed by atoms with Gasteiger partial charge >= 0.3 is 0 Å². The first-order chi connectivity index (χ1) is 14.2. The molecule has 0 unspecified atom stereocenters. The fourth-order valence-electron chi connectivity index (χ4n) is 3.92. The minimum Gasteiger partial charge on any atom is -0.496 e. The van der Waals surface area contributed by atoms with Crippen LogP contribution in [0.25, 0.3) is 11.4 Å². The number of ether oxygens (including phenoxy) is 1. The molecule has 4 rings (SSSR count). The molecule has 3 aromatic rings. The van der Waals surface area contributed by atoms with Crippen LogP contribution in [0.5, 0.6) is 5.75 Å². The van der Waals surface area contributed by atoms with Crippen LogP contribution < -0.4 is 4.74 Å². The van der Waals surface area contributed by atoms with Gasteiger partial charge in [-0.1, -0.05) is 41.9 Å². The van der Waals surface area contributed by atoms with Crippen LogP contribution in [0.1, 0.15) is 23.2 Å². The summed E-state index contributed by atoms with van der Waals surface area (Å²) in [6, 6.07) is 15.4. The van der Waals surface area contributed by atoms with Gasteiger partial charge < -0.3 is 14.2 Å². The Hall–Kier alpha value is -2.79. The SMILES string of the molecule is COc1ccc(Cl)cc1C(=O)N1CCC(Cn2ccnc2-c2ccccc2)CC1. The number of aromatic nitrogens is 2. The van der Waals surface area contributed by atoms with Gasteiger partial charge in [0.15, 0.2) is 0 Å². The predicted octanol–water partition coefficient (Wildman–Crippen LogP) is 4.76. The van der Waals surface area contributed by atoms with E-state index in [1.807, 2.05) is 35.5 Å². The summed E-state index contributed by atoms with van der Waals surface area (Å²) in [5.41, 5.74) is 1.65. The number of hydrogen-bond donors (Lipinski definition) is 0. The number of imidazole rings is 1. The van der Waals surface area contributed by atoms with Gasteiger partial charge in [-0.15, -0.1) is 0 Å². The molecule has 6 heteroatoms. The Morgan fingerprint density at radius 3 is 2.66 bits per heavy atom. The highest BCUT2D eigenvalue weighted by Crippen LogP contribution is 2.27. The zero-order valence-corrected chi connectivity index (χ0v) is 17.2. The molecule has 0 N–H and O–H groups in total. The van der Waals surface area contributed by atoms with Gasteiger partial charge in [0, 0.05) is 42.6 Å². The standard InChI is InChI=1S/C23H24ClN3O2/c1-29-21-8-7-19(24)15-20(21)23(28)26-12-9-17(10-13-26)16-27-14-11-25-22(27)18-5-3-2-4-6-18/h2-8,11,14-15,17H,9-10,12-13,16H2,1H3. The molecule has 1 aromatic heterocycles. The van der Waals surface area contributed by atoms with E-state index in [0.29, 0.717) is 22.3 Å². The fourth-order valence-corrected chi connectivity index (χ4v) is 4.09. The Bertz CT molecular complexity index is 979. The highest BCUT2D eigenvalue weighted by atomic mass is 35.5. The number of likely N-dealkylation sites (tertiary alicyclic amines) is 1. The molecule has 0 radical (unpaired) electrons. The van der Waals surface area contributed by atoms with Crippen molar-refractivity contribution in [2.45, 2.75) is 19.4 Å². The molecular formula is C23H24ClN3O2. The summed E-state index contributed by atoms with van der Waals surface area (Å²) < 4.78 is 7.56. The van der Waals surface area contributed by atoms with Crippen molar-refractivity contribution in [3.05, 3.63) is 71.5 Å². The van der Waals surface area contributed by atoms with Crippen LogP contribution in [0.2, 0.25) is 5.02 Å². The topological polar surface area (TPSA) is 47.4 Å². The number of benzene rings is 2. The van der Waals surface area contributed by atoms with Crippen LogP contribution in [0, 0.1) is 5.92 Å². The number of halogens is 1. The molecule has 5 nitrogen and oxygen atoms in total. The van der Waals surface area contributed by atoms with Crippen molar-refractivity contribution in [1.29, 1.82) is 0 Å². The van der Waals surface area contributed by atoms with Crippen molar-refractivity contribution in [1.82, 2.24) is 14.5 Å². The first-order valence-corrected chi connectivity index (χ1v) is 10.2. The van der Waals surface area contributed by atoms with E-state index in [0.717, 1.165) is 43.9 Å². The number of amides is 1. The number of carbonyl (C=O) groups excluding carboxylic acids is 1. The molecule has 1 fully saturated rings. The first-order valence-electron chi connectivity index (χ1n) is 9.85. The predicted molar refractivity (Wildman–Crippen MR) is 114 cm³/mol. The van der Waals surface area contributed by atoms with Crippen LogP contribution in [0.15, 0.2) is 60.9 Å². The quantitative estimate of drug-likeness (QED) is 0.610. The minimum atomic E-state index is -0.0181. The zero-order chi connectivity index (χ0) is 20.2. The summed E-state index contributed by atoms with van der Waals surface area (Å²) in [5.74, 6) is 2.05. The highest BCUT2D eigenvalue weighted by molar-refractivity contribution is 6.31. The molecule has 1 saturated heterocycles. The second kappa shape index (κ2) is 8.70. The molecule has 0 bridgehead atoms. The Morgan fingerprint density at radius 1 is 1.17 bits per heavy atom. The Balaban J connectivity index is 1.40. The summed E-state index contributed by atoms with van der Waals surface area (Å²) >= 11 is 6.09. The number of piperidine rings is 1. The number of nitrogens with zero attached hydrogens (tertiary/aromatic N) is 3. The van der Waals surface area contributed by atoms with Crippen LogP contribution in [0.4, 0.5) is 0 Å². The lowest BCUT2D eigenvalue weighted by atomic mass is 9.96. The van der Waals surface area contributed by atoms with Gasteiger partial charge in [-0.05, 0) is 37.0 Å². The van der Waals surface area contributed by atoms with Crippen molar-refractivity contribution < 1.29 is 9.53 Å². The lowest BCUT2D eigenvalue weighted by molar-refractivity contribution is 0.0679. The second-order valence-corrected chi connectivity index (χ2v) is 7.79. The highest BCUT2D eigenvalue weighted by Gasteiger charge is 2.26. The summed E-state index contributed by atoms with van der Waals surface area (Å²) in [6.45, 7) is 2.37. The van der Waals surface area contributed by atoms with Gasteiger partial charge in [-0.2, -0.15) is 0 Å². The zero-order valence-electron chi connectivity index (χ0n) is 16.4. The van der Waals surface area contributed by atoms with E-state index in [2.05, 4.69) is 21.7 Å². The molecular weight excluding hydrogens is 386 g/mol. The number of hydrogen-bond acceptors (Lipinski definition) is 3. The summed E-state index contributed by atoms with van der Waals surface area (Å²) in [6.07, 6.45) is 5.81. The van der Waals surface area contributed by atoms with Crippen LogP contribution in [-0.2, 0) is 6.54 Å². The van der Waals surface area contributed by atoms with Gasteiger partial charge in [0.2, 0.25) is 0 Å². The Labute approximate surface area is 175 Å². The van der Waals surface area contributed by atoms with Gasteiger partial charge in [-0.25, -0.2) is 4.98 Å². The first kappa shape index (κ1) is 19.5. The van der Waals surface area contributed by atoms with Crippen molar-refractivity contribution >= 4 is 17.5 Å². The summed E-state index contributed by atoms with van der Waals surface area (Å²) in [5, 5.41) is 0.539. The number of methoxy groups -OCH3 is 1. The molecule has 0 atom stereocenters. The lowest BCUT2D eigenvalue weighted by Gasteiger charge is -2.32. The number of rotatable bonds is 5. The molecule has 0 saturated carbocycles. The average molecular weight is 410 g/mol. The van der Waals surface area contributed by atoms with E-state index in [1.54, 1.807) is 25.3 Å². The van der Waals surface area contributed by atoms with Crippen LogP contribution in [0.3, 0.4) is 0 Å². The van der Waals surface area contributed by atoms with Crippen molar-refractivity contribution in [2.75, 3.05) is 20.2 Å². The normalized spacial score (nSPS) is 14.8. The van der Waals surface area contributed by atoms with Gasteiger partial charge in [0.25, 0.3) is 5.91 Å². The van der Waals surface area contributed by atoms with Gasteiger partial charge in [0.1, 0.15) is 11.6 Å². The molecule has 2 aromatic carbocycles. The monoisotopic (exact) mass is 409 g/mol. The largest absolute Gasteiger partial charge is 0.496 e. The van der Waals surface area contributed by atoms with Crippen LogP contribution >= 0.6 is 11.6 Å². The maximum atomic E-state index is 13.0. The molecule has 0 aliphatic carbocycles. The van der Waals surface area contributed by atoms with Gasteiger partial charge in [0.05, 0.1) is 12.7 Å². The van der Waals surface area contributed by atoms with Crippen molar-refractivity contribution in [2.24, 2.45) is 5.92 Å². The van der Waals surface area contributed by atoms with E-state index in [9.17, 15) is 4.79 Å². The fraction of sp³-hybridized carbons (Fsp3) is 0.304. The third-order valence-electron chi connectivity index (χ3n) is 5.50. The Morgan fingerprint density at radius 2 is 1.93 bits per heavy atom. The van der Waals surface area contributed by atoms with E-state index < -0.39 is 0 Å². The molecule has 1 aliphatic heterocycles. The molecule has 2 heterocycles. The van der Waals surface area contributed by atoms with Crippen LogP contribution in [-0.4, -0.2) is 40.6 Å². The minimum absolute atomic E-state index is 0.0181.